The van der Waals surface area contributed by atoms with E-state index in [1.165, 1.54) is 17.0 Å². The molecule has 25 heavy (non-hydrogen) atoms. The van der Waals surface area contributed by atoms with Crippen LogP contribution in [0.1, 0.15) is 19.4 Å². The number of nitrogens with one attached hydrogen (secondary N) is 1. The fourth-order valence-electron chi connectivity index (χ4n) is 2.78. The second-order valence-corrected chi connectivity index (χ2v) is 6.44. The molecular formula is C17H23FN4O3. The molecule has 0 bridgehead atoms. The number of halogens is 1. The molecule has 2 rings (SSSR count). The third-order valence-corrected chi connectivity index (χ3v) is 4.12. The van der Waals surface area contributed by atoms with Gasteiger partial charge in [0.15, 0.2) is 0 Å². The van der Waals surface area contributed by atoms with E-state index >= 15 is 0 Å². The lowest BCUT2D eigenvalue weighted by Gasteiger charge is -2.36. The highest BCUT2D eigenvalue weighted by molar-refractivity contribution is 5.91. The van der Waals surface area contributed by atoms with Gasteiger partial charge in [0.1, 0.15) is 11.9 Å². The molecule has 1 saturated heterocycles. The summed E-state index contributed by atoms with van der Waals surface area (Å²) in [5.74, 6) is -1.05. The topological polar surface area (TPSA) is 95.7 Å². The third kappa shape index (κ3) is 4.91. The Bertz CT molecular complexity index is 665. The number of amides is 4. The number of nitrogens with two attached hydrogens (primary N) is 1. The van der Waals surface area contributed by atoms with Crippen LogP contribution in [0.15, 0.2) is 24.3 Å². The van der Waals surface area contributed by atoms with Crippen molar-refractivity contribution < 1.29 is 18.8 Å². The van der Waals surface area contributed by atoms with E-state index in [2.05, 4.69) is 5.32 Å². The van der Waals surface area contributed by atoms with Crippen molar-refractivity contribution in [2.24, 2.45) is 11.7 Å². The van der Waals surface area contributed by atoms with E-state index in [4.69, 9.17) is 5.73 Å². The van der Waals surface area contributed by atoms with Crippen molar-refractivity contribution in [3.8, 4) is 0 Å². The number of rotatable bonds is 5. The van der Waals surface area contributed by atoms with Crippen molar-refractivity contribution in [1.82, 2.24) is 15.1 Å². The predicted molar refractivity (Wildman–Crippen MR) is 89.7 cm³/mol. The number of benzene rings is 1. The lowest BCUT2D eigenvalue weighted by molar-refractivity contribution is -0.147. The van der Waals surface area contributed by atoms with Crippen LogP contribution < -0.4 is 11.1 Å². The average Bonchev–Trinajstić information content (AvgIpc) is 2.53. The van der Waals surface area contributed by atoms with Gasteiger partial charge in [-0.3, -0.25) is 9.59 Å². The molecule has 136 valence electrons. The van der Waals surface area contributed by atoms with E-state index in [9.17, 15) is 18.8 Å². The SMILES string of the molecule is CC(C)[C@H](NC(N)=O)C(=O)N1CCN(Cc2cccc(F)c2)C(=O)C1. The van der Waals surface area contributed by atoms with Gasteiger partial charge >= 0.3 is 6.03 Å². The van der Waals surface area contributed by atoms with E-state index in [0.29, 0.717) is 25.2 Å². The molecule has 0 spiro atoms. The monoisotopic (exact) mass is 350 g/mol. The molecule has 3 N–H and O–H groups in total. The number of urea groups is 1. The minimum absolute atomic E-state index is 0.0716. The largest absolute Gasteiger partial charge is 0.352 e. The van der Waals surface area contributed by atoms with Crippen LogP contribution in [-0.2, 0) is 16.1 Å². The van der Waals surface area contributed by atoms with Crippen LogP contribution in [0.4, 0.5) is 9.18 Å². The number of hydrogen-bond donors (Lipinski definition) is 2. The average molecular weight is 350 g/mol. The zero-order valence-corrected chi connectivity index (χ0v) is 14.4. The fraction of sp³-hybridized carbons (Fsp3) is 0.471. The minimum Gasteiger partial charge on any atom is -0.352 e. The van der Waals surface area contributed by atoms with Gasteiger partial charge in [0, 0.05) is 19.6 Å². The Labute approximate surface area is 145 Å². The number of carbonyl (C=O) groups excluding carboxylic acids is 3. The van der Waals surface area contributed by atoms with Crippen LogP contribution in [0.25, 0.3) is 0 Å². The van der Waals surface area contributed by atoms with E-state index < -0.39 is 12.1 Å². The van der Waals surface area contributed by atoms with Crippen molar-refractivity contribution in [3.05, 3.63) is 35.6 Å². The Hall–Kier alpha value is -2.64. The molecule has 1 aliphatic heterocycles. The smallest absolute Gasteiger partial charge is 0.312 e. The molecule has 8 heteroatoms. The first-order chi connectivity index (χ1) is 11.8. The molecule has 0 unspecified atom stereocenters. The molecule has 1 heterocycles. The summed E-state index contributed by atoms with van der Waals surface area (Å²) in [6.07, 6.45) is 0. The van der Waals surface area contributed by atoms with Crippen LogP contribution in [0, 0.1) is 11.7 Å². The first kappa shape index (κ1) is 18.7. The predicted octanol–water partition coefficient (Wildman–Crippen LogP) is 0.689. The summed E-state index contributed by atoms with van der Waals surface area (Å²) < 4.78 is 13.3. The normalized spacial score (nSPS) is 16.1. The van der Waals surface area contributed by atoms with Crippen molar-refractivity contribution in [2.75, 3.05) is 19.6 Å². The second kappa shape index (κ2) is 7.96. The molecule has 4 amide bonds. The molecule has 1 fully saturated rings. The molecule has 0 radical (unpaired) electrons. The lowest BCUT2D eigenvalue weighted by atomic mass is 10.0. The number of piperazine rings is 1. The summed E-state index contributed by atoms with van der Waals surface area (Å²) in [5, 5.41) is 2.43. The number of hydrogen-bond acceptors (Lipinski definition) is 3. The van der Waals surface area contributed by atoms with Crippen LogP contribution in [0.2, 0.25) is 0 Å². The van der Waals surface area contributed by atoms with Crippen molar-refractivity contribution >= 4 is 17.8 Å². The summed E-state index contributed by atoms with van der Waals surface area (Å²) in [6.45, 7) is 4.51. The Morgan fingerprint density at radius 1 is 1.32 bits per heavy atom. The van der Waals surface area contributed by atoms with E-state index in [0.717, 1.165) is 0 Å². The van der Waals surface area contributed by atoms with Gasteiger partial charge in [-0.15, -0.1) is 0 Å². The van der Waals surface area contributed by atoms with E-state index in [-0.39, 0.29) is 30.1 Å². The Morgan fingerprint density at radius 3 is 2.60 bits per heavy atom. The highest BCUT2D eigenvalue weighted by atomic mass is 19.1. The van der Waals surface area contributed by atoms with Gasteiger partial charge in [-0.05, 0) is 23.6 Å². The molecule has 0 aliphatic carbocycles. The summed E-state index contributed by atoms with van der Waals surface area (Å²) in [5.41, 5.74) is 5.82. The lowest BCUT2D eigenvalue weighted by Crippen LogP contribution is -2.58. The standard InChI is InChI=1S/C17H23FN4O3/c1-11(2)15(20-17(19)25)16(24)22-7-6-21(14(23)10-22)9-12-4-3-5-13(18)8-12/h3-5,8,11,15H,6-7,9-10H2,1-2H3,(H3,19,20,25)/t15-/m0/s1. The number of primary amides is 1. The van der Waals surface area contributed by atoms with Gasteiger partial charge in [0.05, 0.1) is 6.54 Å². The molecule has 1 aromatic rings. The highest BCUT2D eigenvalue weighted by Gasteiger charge is 2.33. The molecule has 0 saturated carbocycles. The Balaban J connectivity index is 1.99. The van der Waals surface area contributed by atoms with Crippen LogP contribution in [-0.4, -0.2) is 53.3 Å². The van der Waals surface area contributed by atoms with Gasteiger partial charge in [-0.1, -0.05) is 26.0 Å². The molecule has 1 atom stereocenters. The quantitative estimate of drug-likeness (QED) is 0.818. The van der Waals surface area contributed by atoms with Crippen molar-refractivity contribution in [2.45, 2.75) is 26.4 Å². The van der Waals surface area contributed by atoms with E-state index in [1.54, 1.807) is 30.9 Å². The summed E-state index contributed by atoms with van der Waals surface area (Å²) in [4.78, 5) is 39.0. The van der Waals surface area contributed by atoms with Gasteiger partial charge in [-0.25, -0.2) is 9.18 Å². The van der Waals surface area contributed by atoms with Gasteiger partial charge < -0.3 is 20.9 Å². The molecule has 1 aliphatic rings. The van der Waals surface area contributed by atoms with Crippen molar-refractivity contribution in [3.63, 3.8) is 0 Å². The van der Waals surface area contributed by atoms with Gasteiger partial charge in [0.25, 0.3) is 0 Å². The van der Waals surface area contributed by atoms with Gasteiger partial charge in [0.2, 0.25) is 11.8 Å². The van der Waals surface area contributed by atoms with Crippen molar-refractivity contribution in [1.29, 1.82) is 0 Å². The first-order valence-corrected chi connectivity index (χ1v) is 8.15. The maximum atomic E-state index is 13.3. The molecular weight excluding hydrogens is 327 g/mol. The van der Waals surface area contributed by atoms with Gasteiger partial charge in [-0.2, -0.15) is 0 Å². The molecule has 7 nitrogen and oxygen atoms in total. The summed E-state index contributed by atoms with van der Waals surface area (Å²) in [6, 6.07) is 4.54. The van der Waals surface area contributed by atoms with Crippen LogP contribution in [0.5, 0.6) is 0 Å². The minimum atomic E-state index is -0.775. The molecule has 1 aromatic carbocycles. The Kier molecular flexibility index (Phi) is 5.95. The Morgan fingerprint density at radius 2 is 2.04 bits per heavy atom. The van der Waals surface area contributed by atoms with E-state index in [1.807, 2.05) is 0 Å². The third-order valence-electron chi connectivity index (χ3n) is 4.12. The van der Waals surface area contributed by atoms with Crippen LogP contribution >= 0.6 is 0 Å². The number of nitrogens with zero attached hydrogens (tertiary/aromatic N) is 2. The maximum absolute atomic E-state index is 13.3. The maximum Gasteiger partial charge on any atom is 0.312 e. The second-order valence-electron chi connectivity index (χ2n) is 6.44. The summed E-state index contributed by atoms with van der Waals surface area (Å²) in [7, 11) is 0. The zero-order chi connectivity index (χ0) is 18.6. The first-order valence-electron chi connectivity index (χ1n) is 8.15. The molecule has 0 aromatic heterocycles. The zero-order valence-electron chi connectivity index (χ0n) is 14.4. The number of carbonyl (C=O) groups is 3. The van der Waals surface area contributed by atoms with Crippen LogP contribution in [0.3, 0.4) is 0 Å². The summed E-state index contributed by atoms with van der Waals surface area (Å²) >= 11 is 0. The highest BCUT2D eigenvalue weighted by Crippen LogP contribution is 2.13. The fourth-order valence-corrected chi connectivity index (χ4v) is 2.78.